The predicted octanol–water partition coefficient (Wildman–Crippen LogP) is 8.06. The summed E-state index contributed by atoms with van der Waals surface area (Å²) in [5.74, 6) is 1.47. The Morgan fingerprint density at radius 3 is 1.39 bits per heavy atom. The maximum atomic E-state index is 13.0. The van der Waals surface area contributed by atoms with Gasteiger partial charge in [-0.1, -0.05) is 64.1 Å². The Balaban J connectivity index is 0.000000236. The molecule has 24 nitrogen and oxygen atoms in total. The quantitative estimate of drug-likeness (QED) is 0.0278. The molecule has 4 heterocycles. The van der Waals surface area contributed by atoms with E-state index in [9.17, 15) is 26.9 Å². The molecule has 4 aromatic heterocycles. The number of methoxy groups -OCH3 is 2. The number of rotatable bonds is 25. The van der Waals surface area contributed by atoms with Crippen LogP contribution in [0.25, 0.3) is 44.3 Å². The first kappa shape index (κ1) is 61.5. The largest absolute Gasteiger partial charge is 0.494 e. The summed E-state index contributed by atoms with van der Waals surface area (Å²) in [5, 5.41) is 19.8. The molecular weight excluding hydrogens is 1090 g/mol. The Morgan fingerprint density at radius 2 is 0.988 bits per heavy atom. The molecular formula is C56H74N16O8S2. The van der Waals surface area contributed by atoms with Gasteiger partial charge in [-0.2, -0.15) is 25.4 Å². The van der Waals surface area contributed by atoms with Gasteiger partial charge in [0.25, 0.3) is 5.69 Å². The second-order valence-corrected chi connectivity index (χ2v) is 23.4. The molecule has 0 radical (unpaired) electrons. The lowest BCUT2D eigenvalue weighted by atomic mass is 10.1. The standard InChI is InChI=1S/C28H36N8O5S.C28H38N8O3S/c1-7-34(8-2)16-15-33(5)25-18-27(41-6)23(17-26(25)36(37)38)31-28-29-14-13-22(30-28)21-19-35(42(39,40)32(3)4)24-12-10-9-11-20(21)24;1-7-35(8-2)16-15-34(5)26-18-27(39-6)24(17-22(26)29)32-28-30-14-13-23(31-28)21-19-36(40(37,38)33(3)4)25-12-10-9-11-20(21)25/h9-14,17-19H,7-8,15-16H2,1-6H3,(H,29,30,31);9-14,17-19H,7-8,15-16,29H2,1-6H3,(H,30,31,32). The highest BCUT2D eigenvalue weighted by Gasteiger charge is 2.26. The fourth-order valence-electron chi connectivity index (χ4n) is 9.18. The zero-order chi connectivity index (χ0) is 59.6. The molecule has 0 bridgehead atoms. The molecule has 4 N–H and O–H groups in total. The van der Waals surface area contributed by atoms with Crippen molar-refractivity contribution in [3.63, 3.8) is 0 Å². The van der Waals surface area contributed by atoms with Crippen LogP contribution < -0.4 is 35.6 Å². The maximum absolute atomic E-state index is 13.0. The van der Waals surface area contributed by atoms with Crippen LogP contribution in [0.3, 0.4) is 0 Å². The third-order valence-corrected chi connectivity index (χ3v) is 17.5. The second-order valence-electron chi connectivity index (χ2n) is 19.4. The topological polar surface area (TPSA) is 261 Å². The molecule has 0 aliphatic rings. The fraction of sp³-hybridized carbons (Fsp3) is 0.357. The van der Waals surface area contributed by atoms with Crippen LogP contribution in [0.4, 0.5) is 46.0 Å². The van der Waals surface area contributed by atoms with Gasteiger partial charge in [-0.15, -0.1) is 0 Å². The number of fused-ring (bicyclic) bond motifs is 2. The van der Waals surface area contributed by atoms with Gasteiger partial charge in [0.05, 0.1) is 64.3 Å². The van der Waals surface area contributed by atoms with Crippen molar-refractivity contribution in [3.8, 4) is 34.0 Å². The van der Waals surface area contributed by atoms with Gasteiger partial charge in [0.1, 0.15) is 17.2 Å². The van der Waals surface area contributed by atoms with E-state index < -0.39 is 25.3 Å². The third-order valence-electron chi connectivity index (χ3n) is 14.1. The van der Waals surface area contributed by atoms with E-state index in [1.807, 2.05) is 61.5 Å². The van der Waals surface area contributed by atoms with Crippen LogP contribution in [0.5, 0.6) is 11.5 Å². The van der Waals surface area contributed by atoms with Gasteiger partial charge in [0.2, 0.25) is 11.9 Å². The van der Waals surface area contributed by atoms with Gasteiger partial charge in [-0.3, -0.25) is 10.1 Å². The number of aromatic nitrogens is 6. The van der Waals surface area contributed by atoms with Crippen molar-refractivity contribution in [2.75, 3.05) is 135 Å². The molecule has 8 rings (SSSR count). The van der Waals surface area contributed by atoms with Crippen molar-refractivity contribution >= 4 is 88.2 Å². The average molecular weight is 1160 g/mol. The lowest BCUT2D eigenvalue weighted by Crippen LogP contribution is -2.33. The summed E-state index contributed by atoms with van der Waals surface area (Å²) in [6.45, 7) is 15.4. The van der Waals surface area contributed by atoms with E-state index in [4.69, 9.17) is 20.2 Å². The highest BCUT2D eigenvalue weighted by molar-refractivity contribution is 7.88. The predicted molar refractivity (Wildman–Crippen MR) is 328 cm³/mol. The number of nitrogens with two attached hydrogens (primary N) is 1. The molecule has 0 atom stereocenters. The number of nitrogens with zero attached hydrogens (tertiary/aromatic N) is 13. The molecule has 0 unspecified atom stereocenters. The van der Waals surface area contributed by atoms with Gasteiger partial charge in [-0.05, 0) is 56.5 Å². The van der Waals surface area contributed by atoms with Crippen molar-refractivity contribution in [1.29, 1.82) is 0 Å². The molecule has 26 heteroatoms. The zero-order valence-corrected chi connectivity index (χ0v) is 50.2. The number of nitrogens with one attached hydrogen (secondary N) is 2. The van der Waals surface area contributed by atoms with Crippen LogP contribution in [0, 0.1) is 10.1 Å². The highest BCUT2D eigenvalue weighted by Crippen LogP contribution is 2.41. The highest BCUT2D eigenvalue weighted by atomic mass is 32.2. The first-order valence-electron chi connectivity index (χ1n) is 26.6. The molecule has 8 aromatic rings. The molecule has 0 spiro atoms. The smallest absolute Gasteiger partial charge is 0.307 e. The molecule has 0 saturated heterocycles. The van der Waals surface area contributed by atoms with Crippen molar-refractivity contribution in [2.24, 2.45) is 0 Å². The van der Waals surface area contributed by atoms with Gasteiger partial charge in [-0.25, -0.2) is 27.9 Å². The number of ether oxygens (including phenoxy) is 2. The average Bonchev–Trinajstić information content (AvgIpc) is 4.12. The van der Waals surface area contributed by atoms with Crippen LogP contribution >= 0.6 is 0 Å². The van der Waals surface area contributed by atoms with Gasteiger partial charge in [0, 0.05) is 133 Å². The summed E-state index contributed by atoms with van der Waals surface area (Å²) in [6.07, 6.45) is 6.28. The summed E-state index contributed by atoms with van der Waals surface area (Å²) in [5.41, 5.74) is 12.6. The van der Waals surface area contributed by atoms with Crippen LogP contribution in [0.2, 0.25) is 0 Å². The Bertz CT molecular complexity index is 3750. The summed E-state index contributed by atoms with van der Waals surface area (Å²) in [7, 11) is 5.35. The minimum Gasteiger partial charge on any atom is -0.494 e. The lowest BCUT2D eigenvalue weighted by Gasteiger charge is -2.26. The van der Waals surface area contributed by atoms with E-state index in [2.05, 4.69) is 68.0 Å². The van der Waals surface area contributed by atoms with E-state index in [1.165, 1.54) is 66.0 Å². The van der Waals surface area contributed by atoms with Crippen LogP contribution in [-0.4, -0.2) is 177 Å². The molecule has 0 fully saturated rings. The van der Waals surface area contributed by atoms with E-state index in [1.54, 1.807) is 55.9 Å². The molecule has 4 aromatic carbocycles. The number of likely N-dealkylation sites (N-methyl/N-ethyl adjacent to an activating group) is 4. The van der Waals surface area contributed by atoms with Crippen molar-refractivity contribution in [1.82, 2.24) is 46.3 Å². The minimum atomic E-state index is -3.79. The van der Waals surface area contributed by atoms with Crippen molar-refractivity contribution < 1.29 is 31.2 Å². The van der Waals surface area contributed by atoms with Gasteiger partial charge in [0.15, 0.2) is 0 Å². The first-order valence-corrected chi connectivity index (χ1v) is 29.4. The van der Waals surface area contributed by atoms with E-state index >= 15 is 0 Å². The second kappa shape index (κ2) is 26.6. The molecule has 0 saturated carbocycles. The lowest BCUT2D eigenvalue weighted by molar-refractivity contribution is -0.384. The number of para-hydroxylation sites is 2. The van der Waals surface area contributed by atoms with E-state index in [-0.39, 0.29) is 11.6 Å². The molecule has 0 aliphatic heterocycles. The first-order chi connectivity index (χ1) is 39.1. The summed E-state index contributed by atoms with van der Waals surface area (Å²) < 4.78 is 68.1. The Kier molecular flexibility index (Phi) is 20.0. The normalized spacial score (nSPS) is 11.9. The number of nitro benzene ring substituents is 1. The minimum absolute atomic E-state index is 0.0894. The molecule has 82 heavy (non-hydrogen) atoms. The third kappa shape index (κ3) is 13.4. The maximum Gasteiger partial charge on any atom is 0.307 e. The number of hydrogen-bond acceptors (Lipinski definition) is 19. The van der Waals surface area contributed by atoms with Gasteiger partial charge < -0.3 is 45.4 Å². The van der Waals surface area contributed by atoms with Crippen molar-refractivity contribution in [2.45, 2.75) is 27.7 Å². The Labute approximate surface area is 480 Å². The summed E-state index contributed by atoms with van der Waals surface area (Å²) >= 11 is 0. The van der Waals surface area contributed by atoms with E-state index in [0.29, 0.717) is 85.7 Å². The van der Waals surface area contributed by atoms with Crippen LogP contribution in [0.1, 0.15) is 27.7 Å². The number of nitro groups is 1. The summed E-state index contributed by atoms with van der Waals surface area (Å²) in [6, 6.07) is 24.6. The molecule has 0 aliphatic carbocycles. The zero-order valence-electron chi connectivity index (χ0n) is 48.5. The molecule has 438 valence electrons. The molecule has 0 amide bonds. The monoisotopic (exact) mass is 1160 g/mol. The fourth-order valence-corrected chi connectivity index (χ4v) is 11.2. The number of benzene rings is 4. The van der Waals surface area contributed by atoms with Crippen LogP contribution in [-0.2, 0) is 20.4 Å². The Hall–Kier alpha value is -8.14. The summed E-state index contributed by atoms with van der Waals surface area (Å²) in [4.78, 5) is 38.2. The number of anilines is 7. The number of nitrogen functional groups attached to an aromatic ring is 1. The van der Waals surface area contributed by atoms with Gasteiger partial charge >= 0.3 is 20.4 Å². The van der Waals surface area contributed by atoms with Crippen molar-refractivity contribution in [3.05, 3.63) is 120 Å². The number of hydrogen-bond donors (Lipinski definition) is 3. The van der Waals surface area contributed by atoms with E-state index in [0.717, 1.165) is 61.2 Å². The SMILES string of the molecule is CCN(CC)CCN(C)c1cc(OC)c(Nc2nccc(-c3cn(S(=O)(=O)N(C)C)c4ccccc34)n2)cc1N.CCN(CC)CCN(C)c1cc(OC)c(Nc2nccc(-c3cn(S(=O)(=O)N(C)C)c4ccccc34)n2)cc1[N+](=O)[O-]. The Morgan fingerprint density at radius 1 is 0.585 bits per heavy atom. The van der Waals surface area contributed by atoms with Crippen LogP contribution in [0.15, 0.2) is 110 Å².